The summed E-state index contributed by atoms with van der Waals surface area (Å²) < 4.78 is 14.7. The molecule has 4 heteroatoms. The Hall–Kier alpha value is -1.42. The van der Waals surface area contributed by atoms with E-state index in [4.69, 9.17) is 17.3 Å². The number of benzene rings is 3. The van der Waals surface area contributed by atoms with Crippen LogP contribution in [0.2, 0.25) is 5.02 Å². The van der Waals surface area contributed by atoms with Gasteiger partial charge in [0.25, 0.3) is 0 Å². The first kappa shape index (κ1) is 14.5. The molecule has 0 amide bonds. The van der Waals surface area contributed by atoms with Crippen molar-refractivity contribution in [1.29, 1.82) is 0 Å². The third kappa shape index (κ3) is 2.69. The molecule has 0 fully saturated rings. The van der Waals surface area contributed by atoms with Crippen molar-refractivity contribution in [3.05, 3.63) is 81.0 Å². The average molecular weight is 365 g/mol. The largest absolute Gasteiger partial charge is 0.320 e. The van der Waals surface area contributed by atoms with Crippen molar-refractivity contribution >= 4 is 38.3 Å². The molecule has 106 valence electrons. The predicted octanol–water partition coefficient (Wildman–Crippen LogP) is 5.44. The van der Waals surface area contributed by atoms with Crippen LogP contribution in [0.15, 0.2) is 59.1 Å². The van der Waals surface area contributed by atoms with Crippen molar-refractivity contribution in [1.82, 2.24) is 0 Å². The van der Waals surface area contributed by atoms with E-state index < -0.39 is 0 Å². The van der Waals surface area contributed by atoms with E-state index in [2.05, 4.69) is 15.9 Å². The first-order valence-corrected chi connectivity index (χ1v) is 7.62. The lowest BCUT2D eigenvalue weighted by molar-refractivity contribution is 0.639. The van der Waals surface area contributed by atoms with Gasteiger partial charge in [0.15, 0.2) is 0 Å². The topological polar surface area (TPSA) is 26.0 Å². The second-order valence-corrected chi connectivity index (χ2v) is 6.09. The molecule has 3 aromatic rings. The fourth-order valence-corrected chi connectivity index (χ4v) is 2.96. The minimum Gasteiger partial charge on any atom is -0.320 e. The highest BCUT2D eigenvalue weighted by Crippen LogP contribution is 2.32. The van der Waals surface area contributed by atoms with E-state index in [0.717, 1.165) is 21.0 Å². The quantitative estimate of drug-likeness (QED) is 0.643. The Balaban J connectivity index is 2.15. The maximum absolute atomic E-state index is 13.9. The Bertz CT molecular complexity index is 819. The Morgan fingerprint density at radius 3 is 2.43 bits per heavy atom. The molecule has 3 aromatic carbocycles. The van der Waals surface area contributed by atoms with Crippen LogP contribution in [0.5, 0.6) is 0 Å². The molecule has 0 radical (unpaired) electrons. The highest BCUT2D eigenvalue weighted by Gasteiger charge is 2.14. The molecule has 0 bridgehead atoms. The van der Waals surface area contributed by atoms with Crippen LogP contribution in [-0.4, -0.2) is 0 Å². The van der Waals surface area contributed by atoms with E-state index in [1.807, 2.05) is 30.3 Å². The standard InChI is InChI=1S/C17H12BrClFN/c18-14-9-10(5-7-15(14)19)17(21)13-6-8-16(20)12-4-2-1-3-11(12)13/h1-9,17H,21H2. The minimum atomic E-state index is -0.343. The maximum atomic E-state index is 13.9. The van der Waals surface area contributed by atoms with Gasteiger partial charge in [-0.3, -0.25) is 0 Å². The predicted molar refractivity (Wildman–Crippen MR) is 89.1 cm³/mol. The van der Waals surface area contributed by atoms with Gasteiger partial charge in [0, 0.05) is 9.86 Å². The van der Waals surface area contributed by atoms with E-state index in [9.17, 15) is 4.39 Å². The molecule has 0 aliphatic carbocycles. The second-order valence-electron chi connectivity index (χ2n) is 4.83. The summed E-state index contributed by atoms with van der Waals surface area (Å²) in [7, 11) is 0. The van der Waals surface area contributed by atoms with Gasteiger partial charge in [-0.15, -0.1) is 0 Å². The number of hydrogen-bond donors (Lipinski definition) is 1. The van der Waals surface area contributed by atoms with E-state index in [1.54, 1.807) is 18.2 Å². The van der Waals surface area contributed by atoms with Crippen LogP contribution in [0.25, 0.3) is 10.8 Å². The normalized spacial score (nSPS) is 12.6. The molecule has 0 aliphatic rings. The molecular weight excluding hydrogens is 353 g/mol. The number of rotatable bonds is 2. The van der Waals surface area contributed by atoms with Gasteiger partial charge in [0.2, 0.25) is 0 Å². The third-order valence-electron chi connectivity index (χ3n) is 3.54. The van der Waals surface area contributed by atoms with Crippen LogP contribution in [0.3, 0.4) is 0 Å². The first-order valence-electron chi connectivity index (χ1n) is 6.45. The number of halogens is 3. The summed E-state index contributed by atoms with van der Waals surface area (Å²) in [6.07, 6.45) is 0. The zero-order chi connectivity index (χ0) is 15.0. The van der Waals surface area contributed by atoms with Crippen LogP contribution in [-0.2, 0) is 0 Å². The second kappa shape index (κ2) is 5.76. The van der Waals surface area contributed by atoms with Crippen molar-refractivity contribution in [2.75, 3.05) is 0 Å². The minimum absolute atomic E-state index is 0.237. The number of fused-ring (bicyclic) bond motifs is 1. The van der Waals surface area contributed by atoms with Crippen LogP contribution in [0.4, 0.5) is 4.39 Å². The smallest absolute Gasteiger partial charge is 0.131 e. The molecule has 0 heterocycles. The maximum Gasteiger partial charge on any atom is 0.131 e. The summed E-state index contributed by atoms with van der Waals surface area (Å²) in [6, 6.07) is 15.8. The van der Waals surface area contributed by atoms with Gasteiger partial charge in [-0.05, 0) is 50.6 Å². The SMILES string of the molecule is NC(c1ccc(Cl)c(Br)c1)c1ccc(F)c2ccccc12. The Morgan fingerprint density at radius 2 is 1.71 bits per heavy atom. The zero-order valence-electron chi connectivity index (χ0n) is 11.0. The van der Waals surface area contributed by atoms with Gasteiger partial charge in [-0.2, -0.15) is 0 Å². The summed E-state index contributed by atoms with van der Waals surface area (Å²) in [5, 5.41) is 2.05. The molecule has 2 N–H and O–H groups in total. The van der Waals surface area contributed by atoms with Crippen molar-refractivity contribution in [3.8, 4) is 0 Å². The molecule has 3 rings (SSSR count). The summed E-state index contributed by atoms with van der Waals surface area (Å²) in [6.45, 7) is 0. The summed E-state index contributed by atoms with van der Waals surface area (Å²) in [5.41, 5.74) is 8.17. The molecule has 1 unspecified atom stereocenters. The van der Waals surface area contributed by atoms with Crippen LogP contribution < -0.4 is 5.73 Å². The van der Waals surface area contributed by atoms with E-state index in [-0.39, 0.29) is 11.9 Å². The fourth-order valence-electron chi connectivity index (χ4n) is 2.44. The van der Waals surface area contributed by atoms with Crippen molar-refractivity contribution in [3.63, 3.8) is 0 Å². The van der Waals surface area contributed by atoms with Gasteiger partial charge in [-0.25, -0.2) is 4.39 Å². The van der Waals surface area contributed by atoms with Gasteiger partial charge in [0.1, 0.15) is 5.82 Å². The van der Waals surface area contributed by atoms with Crippen molar-refractivity contribution in [2.45, 2.75) is 6.04 Å². The van der Waals surface area contributed by atoms with E-state index in [1.165, 1.54) is 6.07 Å². The molecule has 0 aromatic heterocycles. The summed E-state index contributed by atoms with van der Waals surface area (Å²) in [4.78, 5) is 0. The summed E-state index contributed by atoms with van der Waals surface area (Å²) >= 11 is 9.41. The molecule has 0 saturated heterocycles. The van der Waals surface area contributed by atoms with E-state index in [0.29, 0.717) is 10.4 Å². The van der Waals surface area contributed by atoms with Gasteiger partial charge >= 0.3 is 0 Å². The highest BCUT2D eigenvalue weighted by molar-refractivity contribution is 9.10. The van der Waals surface area contributed by atoms with E-state index >= 15 is 0 Å². The van der Waals surface area contributed by atoms with Crippen LogP contribution >= 0.6 is 27.5 Å². The van der Waals surface area contributed by atoms with Gasteiger partial charge in [-0.1, -0.05) is 48.0 Å². The summed E-state index contributed by atoms with van der Waals surface area (Å²) in [5.74, 6) is -0.237. The molecule has 1 atom stereocenters. The third-order valence-corrected chi connectivity index (χ3v) is 4.76. The van der Waals surface area contributed by atoms with Crippen molar-refractivity contribution < 1.29 is 4.39 Å². The lowest BCUT2D eigenvalue weighted by Crippen LogP contribution is -2.12. The molecule has 21 heavy (non-hydrogen) atoms. The highest BCUT2D eigenvalue weighted by atomic mass is 79.9. The monoisotopic (exact) mass is 363 g/mol. The van der Waals surface area contributed by atoms with Crippen LogP contribution in [0, 0.1) is 5.82 Å². The van der Waals surface area contributed by atoms with Crippen molar-refractivity contribution in [2.24, 2.45) is 5.73 Å². The molecule has 0 saturated carbocycles. The van der Waals surface area contributed by atoms with Crippen LogP contribution in [0.1, 0.15) is 17.2 Å². The first-order chi connectivity index (χ1) is 10.1. The number of nitrogens with two attached hydrogens (primary N) is 1. The Kier molecular flexibility index (Phi) is 3.98. The molecule has 1 nitrogen and oxygen atoms in total. The molecular formula is C17H12BrClFN. The molecule has 0 aliphatic heterocycles. The Labute approximate surface area is 135 Å². The number of hydrogen-bond acceptors (Lipinski definition) is 1. The Morgan fingerprint density at radius 1 is 1.00 bits per heavy atom. The zero-order valence-corrected chi connectivity index (χ0v) is 13.3. The molecule has 0 spiro atoms. The lowest BCUT2D eigenvalue weighted by Gasteiger charge is -2.16. The average Bonchev–Trinajstić information content (AvgIpc) is 2.50. The van der Waals surface area contributed by atoms with Gasteiger partial charge < -0.3 is 5.73 Å². The van der Waals surface area contributed by atoms with Gasteiger partial charge in [0.05, 0.1) is 11.1 Å². The fraction of sp³-hybridized carbons (Fsp3) is 0.0588. The lowest BCUT2D eigenvalue weighted by atomic mass is 9.94.